The molecule has 3 rings (SSSR count). The summed E-state index contributed by atoms with van der Waals surface area (Å²) >= 11 is 0. The van der Waals surface area contributed by atoms with Crippen molar-refractivity contribution in [3.63, 3.8) is 0 Å². The van der Waals surface area contributed by atoms with Gasteiger partial charge in [0.2, 0.25) is 0 Å². The van der Waals surface area contributed by atoms with Gasteiger partial charge in [0.25, 0.3) is 0 Å². The molecule has 0 saturated heterocycles. The molecule has 2 aromatic heterocycles. The molecular weight excluding hydrogens is 427 g/mol. The van der Waals surface area contributed by atoms with Crippen molar-refractivity contribution < 1.29 is 0 Å². The van der Waals surface area contributed by atoms with Crippen molar-refractivity contribution in [2.45, 2.75) is 19.9 Å². The monoisotopic (exact) mass is 450 g/mol. The first-order valence-corrected chi connectivity index (χ1v) is 8.05. The van der Waals surface area contributed by atoms with Gasteiger partial charge < -0.3 is 10.6 Å². The zero-order chi connectivity index (χ0) is 16.8. The van der Waals surface area contributed by atoms with Crippen LogP contribution in [0.15, 0.2) is 53.7 Å². The van der Waals surface area contributed by atoms with Crippen LogP contribution in [-0.2, 0) is 13.0 Å². The predicted octanol–water partition coefficient (Wildman–Crippen LogP) is 2.56. The van der Waals surface area contributed by atoms with Crippen molar-refractivity contribution >= 4 is 35.6 Å². The second kappa shape index (κ2) is 9.36. The molecule has 132 valence electrons. The SMILES string of the molecule is CN=C(NCCc1ccc(C)cc1)NCc1nnc2ccccn12.I. The van der Waals surface area contributed by atoms with Crippen molar-refractivity contribution in [2.75, 3.05) is 13.6 Å². The van der Waals surface area contributed by atoms with E-state index < -0.39 is 0 Å². The number of rotatable bonds is 5. The Labute approximate surface area is 164 Å². The summed E-state index contributed by atoms with van der Waals surface area (Å²) in [6.07, 6.45) is 2.91. The Hall–Kier alpha value is -2.16. The number of pyridine rings is 1. The van der Waals surface area contributed by atoms with Crippen molar-refractivity contribution in [1.29, 1.82) is 0 Å². The molecule has 2 N–H and O–H groups in total. The fourth-order valence-corrected chi connectivity index (χ4v) is 2.47. The minimum absolute atomic E-state index is 0. The molecule has 0 aliphatic rings. The Bertz CT molecular complexity index is 825. The Kier molecular flexibility index (Phi) is 7.17. The second-order valence-corrected chi connectivity index (χ2v) is 5.63. The first-order chi connectivity index (χ1) is 11.8. The van der Waals surface area contributed by atoms with Crippen molar-refractivity contribution in [3.8, 4) is 0 Å². The van der Waals surface area contributed by atoms with Crippen molar-refractivity contribution in [1.82, 2.24) is 25.2 Å². The highest BCUT2D eigenvalue weighted by Crippen LogP contribution is 2.03. The number of hydrogen-bond donors (Lipinski definition) is 2. The summed E-state index contributed by atoms with van der Waals surface area (Å²) in [6, 6.07) is 14.5. The molecule has 0 atom stereocenters. The lowest BCUT2D eigenvalue weighted by molar-refractivity contribution is 0.757. The summed E-state index contributed by atoms with van der Waals surface area (Å²) in [4.78, 5) is 4.25. The minimum Gasteiger partial charge on any atom is -0.356 e. The van der Waals surface area contributed by atoms with E-state index in [-0.39, 0.29) is 24.0 Å². The second-order valence-electron chi connectivity index (χ2n) is 5.63. The van der Waals surface area contributed by atoms with E-state index in [0.717, 1.165) is 30.4 Å². The van der Waals surface area contributed by atoms with E-state index in [1.807, 2.05) is 28.8 Å². The van der Waals surface area contributed by atoms with Gasteiger partial charge in [0.05, 0.1) is 6.54 Å². The number of nitrogens with one attached hydrogen (secondary N) is 2. The summed E-state index contributed by atoms with van der Waals surface area (Å²) in [7, 11) is 1.77. The Morgan fingerprint density at radius 2 is 1.88 bits per heavy atom. The van der Waals surface area contributed by atoms with Gasteiger partial charge in [0.1, 0.15) is 0 Å². The van der Waals surface area contributed by atoms with Gasteiger partial charge in [0, 0.05) is 19.8 Å². The van der Waals surface area contributed by atoms with Crippen molar-refractivity contribution in [3.05, 3.63) is 65.6 Å². The molecule has 3 aromatic rings. The number of aryl methyl sites for hydroxylation is 1. The first kappa shape index (κ1) is 19.2. The van der Waals surface area contributed by atoms with E-state index in [1.54, 1.807) is 7.05 Å². The number of aromatic nitrogens is 3. The molecule has 0 aliphatic carbocycles. The topological polar surface area (TPSA) is 66.6 Å². The predicted molar refractivity (Wildman–Crippen MR) is 111 cm³/mol. The third-order valence-corrected chi connectivity index (χ3v) is 3.85. The summed E-state index contributed by atoms with van der Waals surface area (Å²) < 4.78 is 1.96. The van der Waals surface area contributed by atoms with Gasteiger partial charge in [-0.25, -0.2) is 0 Å². The van der Waals surface area contributed by atoms with Gasteiger partial charge >= 0.3 is 0 Å². The lowest BCUT2D eigenvalue weighted by Gasteiger charge is -2.11. The van der Waals surface area contributed by atoms with E-state index in [1.165, 1.54) is 11.1 Å². The smallest absolute Gasteiger partial charge is 0.191 e. The number of aliphatic imine (C=N–C) groups is 1. The normalized spacial score (nSPS) is 11.2. The van der Waals surface area contributed by atoms with Crippen LogP contribution in [0.5, 0.6) is 0 Å². The summed E-state index contributed by atoms with van der Waals surface area (Å²) in [5.41, 5.74) is 3.44. The Balaban J connectivity index is 0.00000225. The Morgan fingerprint density at radius 3 is 2.64 bits per heavy atom. The molecule has 0 radical (unpaired) electrons. The van der Waals surface area contributed by atoms with Crippen LogP contribution in [0, 0.1) is 6.92 Å². The fraction of sp³-hybridized carbons (Fsp3) is 0.278. The molecule has 1 aromatic carbocycles. The third-order valence-electron chi connectivity index (χ3n) is 3.85. The molecule has 0 fully saturated rings. The van der Waals surface area contributed by atoms with Crippen LogP contribution in [0.2, 0.25) is 0 Å². The standard InChI is InChI=1S/C18H22N6.HI/c1-14-6-8-15(9-7-14)10-11-20-18(19-2)21-13-17-23-22-16-5-3-4-12-24(16)17;/h3-9,12H,10-11,13H2,1-2H3,(H2,19,20,21);1H. The maximum absolute atomic E-state index is 4.25. The van der Waals surface area contributed by atoms with Crippen LogP contribution < -0.4 is 10.6 Å². The van der Waals surface area contributed by atoms with Gasteiger partial charge in [-0.3, -0.25) is 9.39 Å². The molecule has 0 unspecified atom stereocenters. The number of halogens is 1. The highest BCUT2D eigenvalue weighted by atomic mass is 127. The Morgan fingerprint density at radius 1 is 1.08 bits per heavy atom. The van der Waals surface area contributed by atoms with Gasteiger partial charge in [-0.1, -0.05) is 35.9 Å². The van der Waals surface area contributed by atoms with E-state index in [2.05, 4.69) is 57.0 Å². The largest absolute Gasteiger partial charge is 0.356 e. The van der Waals surface area contributed by atoms with Gasteiger partial charge in [-0.2, -0.15) is 0 Å². The zero-order valence-corrected chi connectivity index (χ0v) is 16.8. The average molecular weight is 450 g/mol. The van der Waals surface area contributed by atoms with Crippen molar-refractivity contribution in [2.24, 2.45) is 4.99 Å². The number of benzene rings is 1. The first-order valence-electron chi connectivity index (χ1n) is 8.05. The van der Waals surface area contributed by atoms with E-state index in [4.69, 9.17) is 0 Å². The number of guanidine groups is 1. The van der Waals surface area contributed by atoms with Gasteiger partial charge in [-0.05, 0) is 31.0 Å². The maximum atomic E-state index is 4.25. The molecular formula is C18H23IN6. The molecule has 7 heteroatoms. The molecule has 25 heavy (non-hydrogen) atoms. The molecule has 0 spiro atoms. The van der Waals surface area contributed by atoms with Crippen LogP contribution in [-0.4, -0.2) is 34.2 Å². The zero-order valence-electron chi connectivity index (χ0n) is 14.4. The van der Waals surface area contributed by atoms with Gasteiger partial charge in [-0.15, -0.1) is 34.2 Å². The minimum atomic E-state index is 0. The third kappa shape index (κ3) is 5.15. The number of hydrogen-bond acceptors (Lipinski definition) is 3. The van der Waals surface area contributed by atoms with Crippen LogP contribution >= 0.6 is 24.0 Å². The number of fused-ring (bicyclic) bond motifs is 1. The lowest BCUT2D eigenvalue weighted by atomic mass is 10.1. The molecule has 0 saturated carbocycles. The van der Waals surface area contributed by atoms with Crippen LogP contribution in [0.25, 0.3) is 5.65 Å². The van der Waals surface area contributed by atoms with Crippen LogP contribution in [0.3, 0.4) is 0 Å². The molecule has 0 bridgehead atoms. The van der Waals surface area contributed by atoms with E-state index in [0.29, 0.717) is 6.54 Å². The molecule has 2 heterocycles. The molecule has 0 aliphatic heterocycles. The lowest BCUT2D eigenvalue weighted by Crippen LogP contribution is -2.38. The highest BCUT2D eigenvalue weighted by Gasteiger charge is 2.05. The summed E-state index contributed by atoms with van der Waals surface area (Å²) in [6.45, 7) is 3.49. The maximum Gasteiger partial charge on any atom is 0.191 e. The van der Waals surface area contributed by atoms with Crippen LogP contribution in [0.1, 0.15) is 17.0 Å². The van der Waals surface area contributed by atoms with Gasteiger partial charge in [0.15, 0.2) is 17.4 Å². The molecule has 6 nitrogen and oxygen atoms in total. The summed E-state index contributed by atoms with van der Waals surface area (Å²) in [5.74, 6) is 1.61. The fourth-order valence-electron chi connectivity index (χ4n) is 2.47. The molecule has 0 amide bonds. The quantitative estimate of drug-likeness (QED) is 0.356. The van der Waals surface area contributed by atoms with E-state index >= 15 is 0 Å². The van der Waals surface area contributed by atoms with E-state index in [9.17, 15) is 0 Å². The number of nitrogens with zero attached hydrogens (tertiary/aromatic N) is 4. The van der Waals surface area contributed by atoms with Crippen LogP contribution in [0.4, 0.5) is 0 Å². The highest BCUT2D eigenvalue weighted by molar-refractivity contribution is 14.0. The average Bonchev–Trinajstić information content (AvgIpc) is 3.03. The summed E-state index contributed by atoms with van der Waals surface area (Å²) in [5, 5.41) is 14.9.